The molecule has 1 N–H and O–H groups in total. The van der Waals surface area contributed by atoms with Crippen molar-refractivity contribution >= 4 is 23.1 Å². The lowest BCUT2D eigenvalue weighted by Gasteiger charge is -2.26. The normalized spacial score (nSPS) is 19.1. The van der Waals surface area contributed by atoms with Crippen molar-refractivity contribution in [2.45, 2.75) is 13.0 Å². The van der Waals surface area contributed by atoms with Crippen LogP contribution >= 0.6 is 0 Å². The summed E-state index contributed by atoms with van der Waals surface area (Å²) in [5.74, 6) is -1.41. The van der Waals surface area contributed by atoms with Crippen LogP contribution in [0.3, 0.4) is 0 Å². The summed E-state index contributed by atoms with van der Waals surface area (Å²) in [6.45, 7) is 2.69. The number of amides is 1. The lowest BCUT2D eigenvalue weighted by molar-refractivity contribution is -0.132. The van der Waals surface area contributed by atoms with E-state index in [-0.39, 0.29) is 11.3 Å². The zero-order chi connectivity index (χ0) is 23.1. The summed E-state index contributed by atoms with van der Waals surface area (Å²) in [4.78, 5) is 27.6. The van der Waals surface area contributed by atoms with Gasteiger partial charge in [0.05, 0.1) is 11.6 Å². The second-order valence-electron chi connectivity index (χ2n) is 7.92. The van der Waals surface area contributed by atoms with Crippen molar-refractivity contribution in [3.05, 3.63) is 94.8 Å². The fourth-order valence-corrected chi connectivity index (χ4v) is 4.20. The van der Waals surface area contributed by atoms with E-state index in [0.717, 1.165) is 5.56 Å². The van der Waals surface area contributed by atoms with E-state index in [1.54, 1.807) is 24.3 Å². The molecule has 1 amide bonds. The van der Waals surface area contributed by atoms with Crippen molar-refractivity contribution in [1.82, 2.24) is 0 Å². The molecule has 1 atom stereocenters. The molecule has 1 fully saturated rings. The van der Waals surface area contributed by atoms with Gasteiger partial charge in [-0.3, -0.25) is 14.5 Å². The van der Waals surface area contributed by atoms with Crippen LogP contribution in [-0.2, 0) is 9.59 Å². The Labute approximate surface area is 189 Å². The van der Waals surface area contributed by atoms with E-state index in [1.165, 1.54) is 29.2 Å². The largest absolute Gasteiger partial charge is 0.507 e. The van der Waals surface area contributed by atoms with Gasteiger partial charge in [0, 0.05) is 11.3 Å². The highest BCUT2D eigenvalue weighted by atomic mass is 19.1. The standard InChI is InChI=1S/C26H20FNO5/c1-15-3-2-4-16(13-15)23-22(24(29)17-5-10-20-21(14-17)33-12-11-32-20)25(30)26(31)28(23)19-8-6-18(27)7-9-19/h2-10,13-14,23,29H,11-12H2,1H3/b24-22-. The van der Waals surface area contributed by atoms with Crippen molar-refractivity contribution in [2.24, 2.45) is 0 Å². The predicted molar refractivity (Wildman–Crippen MR) is 120 cm³/mol. The first-order valence-corrected chi connectivity index (χ1v) is 10.5. The molecule has 0 bridgehead atoms. The maximum Gasteiger partial charge on any atom is 0.300 e. The number of hydrogen-bond acceptors (Lipinski definition) is 5. The third kappa shape index (κ3) is 3.61. The summed E-state index contributed by atoms with van der Waals surface area (Å²) in [7, 11) is 0. The average molecular weight is 445 g/mol. The van der Waals surface area contributed by atoms with Crippen molar-refractivity contribution in [3.63, 3.8) is 0 Å². The maximum absolute atomic E-state index is 13.5. The fraction of sp³-hybridized carbons (Fsp3) is 0.154. The lowest BCUT2D eigenvalue weighted by atomic mass is 9.94. The Morgan fingerprint density at radius 2 is 1.70 bits per heavy atom. The van der Waals surface area contributed by atoms with Gasteiger partial charge in [-0.15, -0.1) is 0 Å². The summed E-state index contributed by atoms with van der Waals surface area (Å²) < 4.78 is 24.7. The SMILES string of the molecule is Cc1cccc(C2/C(=C(/O)c3ccc4c(c3)OCCO4)C(=O)C(=O)N2c2ccc(F)cc2)c1. The van der Waals surface area contributed by atoms with E-state index in [1.807, 2.05) is 25.1 Å². The minimum atomic E-state index is -0.886. The Hall–Kier alpha value is -4.13. The molecule has 3 aromatic rings. The number of anilines is 1. The number of nitrogens with zero attached hydrogens (tertiary/aromatic N) is 1. The molecule has 0 saturated carbocycles. The van der Waals surface area contributed by atoms with Gasteiger partial charge in [-0.05, 0) is 55.0 Å². The topological polar surface area (TPSA) is 76.1 Å². The first kappa shape index (κ1) is 20.8. The summed E-state index contributed by atoms with van der Waals surface area (Å²) in [6, 6.07) is 16.6. The number of hydrogen-bond donors (Lipinski definition) is 1. The van der Waals surface area contributed by atoms with Crippen LogP contribution in [0.5, 0.6) is 11.5 Å². The Kier molecular flexibility index (Phi) is 5.09. The molecule has 6 nitrogen and oxygen atoms in total. The summed E-state index contributed by atoms with van der Waals surface area (Å²) in [6.07, 6.45) is 0. The molecule has 0 radical (unpaired) electrons. The first-order chi connectivity index (χ1) is 15.9. The maximum atomic E-state index is 13.5. The number of ether oxygens (including phenoxy) is 2. The molecular weight excluding hydrogens is 425 g/mol. The van der Waals surface area contributed by atoms with E-state index >= 15 is 0 Å². The number of aryl methyl sites for hydroxylation is 1. The highest BCUT2D eigenvalue weighted by Crippen LogP contribution is 2.43. The molecule has 2 heterocycles. The van der Waals surface area contributed by atoms with Gasteiger partial charge in [0.25, 0.3) is 11.7 Å². The van der Waals surface area contributed by atoms with Crippen molar-refractivity contribution in [3.8, 4) is 11.5 Å². The summed E-state index contributed by atoms with van der Waals surface area (Å²) in [5.41, 5.74) is 2.21. The molecule has 7 heteroatoms. The molecule has 0 spiro atoms. The van der Waals surface area contributed by atoms with Gasteiger partial charge in [0.1, 0.15) is 24.8 Å². The van der Waals surface area contributed by atoms with Crippen molar-refractivity contribution in [2.75, 3.05) is 18.1 Å². The first-order valence-electron chi connectivity index (χ1n) is 10.5. The molecule has 3 aromatic carbocycles. The van der Waals surface area contributed by atoms with Crippen LogP contribution in [0, 0.1) is 12.7 Å². The average Bonchev–Trinajstić information content (AvgIpc) is 3.09. The van der Waals surface area contributed by atoms with Gasteiger partial charge >= 0.3 is 0 Å². The Morgan fingerprint density at radius 1 is 0.970 bits per heavy atom. The number of rotatable bonds is 3. The summed E-state index contributed by atoms with van der Waals surface area (Å²) >= 11 is 0. The monoisotopic (exact) mass is 445 g/mol. The number of benzene rings is 3. The van der Waals surface area contributed by atoms with Crippen LogP contribution in [0.2, 0.25) is 0 Å². The highest BCUT2D eigenvalue weighted by Gasteiger charge is 2.47. The zero-order valence-electron chi connectivity index (χ0n) is 17.7. The van der Waals surface area contributed by atoms with E-state index in [4.69, 9.17) is 9.47 Å². The minimum Gasteiger partial charge on any atom is -0.507 e. The number of halogens is 1. The zero-order valence-corrected chi connectivity index (χ0v) is 17.7. The number of Topliss-reactive ketones (excluding diaryl/α,β-unsaturated/α-hetero) is 1. The van der Waals surface area contributed by atoms with Gasteiger partial charge in [0.2, 0.25) is 0 Å². The molecule has 5 rings (SSSR count). The number of aliphatic hydroxyl groups is 1. The third-order valence-corrected chi connectivity index (χ3v) is 5.72. The lowest BCUT2D eigenvalue weighted by Crippen LogP contribution is -2.29. The molecule has 0 aliphatic carbocycles. The Bertz CT molecular complexity index is 1300. The Morgan fingerprint density at radius 3 is 2.42 bits per heavy atom. The van der Waals surface area contributed by atoms with E-state index in [2.05, 4.69) is 0 Å². The van der Waals surface area contributed by atoms with Crippen LogP contribution in [-0.4, -0.2) is 30.0 Å². The molecule has 33 heavy (non-hydrogen) atoms. The van der Waals surface area contributed by atoms with Gasteiger partial charge in [0.15, 0.2) is 11.5 Å². The minimum absolute atomic E-state index is 0.0494. The second kappa shape index (κ2) is 8.09. The van der Waals surface area contributed by atoms with Gasteiger partial charge in [-0.2, -0.15) is 0 Å². The van der Waals surface area contributed by atoms with Crippen molar-refractivity contribution in [1.29, 1.82) is 0 Å². The van der Waals surface area contributed by atoms with Gasteiger partial charge in [-0.1, -0.05) is 29.8 Å². The number of carbonyl (C=O) groups excluding carboxylic acids is 2. The second-order valence-corrected chi connectivity index (χ2v) is 7.92. The molecule has 1 saturated heterocycles. The predicted octanol–water partition coefficient (Wildman–Crippen LogP) is 4.53. The molecule has 1 unspecified atom stereocenters. The number of fused-ring (bicyclic) bond motifs is 1. The Balaban J connectivity index is 1.70. The van der Waals surface area contributed by atoms with Crippen LogP contribution < -0.4 is 14.4 Å². The number of aliphatic hydroxyl groups excluding tert-OH is 1. The molecular formula is C26H20FNO5. The smallest absolute Gasteiger partial charge is 0.300 e. The molecule has 0 aromatic heterocycles. The number of carbonyl (C=O) groups is 2. The fourth-order valence-electron chi connectivity index (χ4n) is 4.20. The van der Waals surface area contributed by atoms with Gasteiger partial charge in [-0.25, -0.2) is 4.39 Å². The molecule has 2 aliphatic rings. The summed E-state index contributed by atoms with van der Waals surface area (Å²) in [5, 5.41) is 11.2. The van der Waals surface area contributed by atoms with Crippen molar-refractivity contribution < 1.29 is 28.6 Å². The van der Waals surface area contributed by atoms with Crippen LogP contribution in [0.4, 0.5) is 10.1 Å². The van der Waals surface area contributed by atoms with Gasteiger partial charge < -0.3 is 14.6 Å². The number of ketones is 1. The molecule has 2 aliphatic heterocycles. The molecule has 166 valence electrons. The highest BCUT2D eigenvalue weighted by molar-refractivity contribution is 6.51. The third-order valence-electron chi connectivity index (χ3n) is 5.72. The van der Waals surface area contributed by atoms with E-state index < -0.39 is 23.5 Å². The van der Waals surface area contributed by atoms with E-state index in [0.29, 0.717) is 41.5 Å². The van der Waals surface area contributed by atoms with Crippen LogP contribution in [0.25, 0.3) is 5.76 Å². The van der Waals surface area contributed by atoms with Crippen LogP contribution in [0.1, 0.15) is 22.7 Å². The van der Waals surface area contributed by atoms with E-state index in [9.17, 15) is 19.1 Å². The quantitative estimate of drug-likeness (QED) is 0.364. The van der Waals surface area contributed by atoms with Crippen LogP contribution in [0.15, 0.2) is 72.3 Å².